The first-order chi connectivity index (χ1) is 27.8. The number of benzene rings is 9. The molecule has 13 rings (SSSR count). The fourth-order valence-electron chi connectivity index (χ4n) is 9.72. The number of fused-ring (bicyclic) bond motifs is 11. The predicted molar refractivity (Wildman–Crippen MR) is 235 cm³/mol. The van der Waals surface area contributed by atoms with Gasteiger partial charge in [0.1, 0.15) is 5.82 Å². The lowest BCUT2D eigenvalue weighted by molar-refractivity contribution is 1.10. The highest BCUT2D eigenvalue weighted by Gasteiger charge is 2.25. The molecule has 9 aromatic carbocycles. The third kappa shape index (κ3) is 4.04. The normalized spacial score (nSPS) is 12.3. The summed E-state index contributed by atoms with van der Waals surface area (Å²) >= 11 is 0. The molecule has 1 aliphatic carbocycles. The average Bonchev–Trinajstić information content (AvgIpc) is 3.88. The van der Waals surface area contributed by atoms with Crippen LogP contribution in [0, 0.1) is 0 Å². The third-order valence-electron chi connectivity index (χ3n) is 12.2. The minimum atomic E-state index is 0.970. The van der Waals surface area contributed by atoms with Crippen LogP contribution in [-0.2, 0) is 0 Å². The van der Waals surface area contributed by atoms with Gasteiger partial charge in [0.25, 0.3) is 0 Å². The lowest BCUT2D eigenvalue weighted by Crippen LogP contribution is -1.99. The summed E-state index contributed by atoms with van der Waals surface area (Å²) in [5.74, 6) is 0.970. The number of hydrogen-bond acceptors (Lipinski definition) is 1. The van der Waals surface area contributed by atoms with Crippen molar-refractivity contribution in [2.75, 3.05) is 0 Å². The second-order valence-corrected chi connectivity index (χ2v) is 15.2. The highest BCUT2D eigenvalue weighted by atomic mass is 15.1. The Morgan fingerprint density at radius 3 is 1.54 bits per heavy atom. The molecule has 0 radical (unpaired) electrons. The molecule has 0 N–H and O–H groups in total. The fraction of sp³-hybridized carbons (Fsp3) is 0. The molecule has 3 nitrogen and oxygen atoms in total. The van der Waals surface area contributed by atoms with E-state index in [0.717, 1.165) is 11.3 Å². The molecule has 12 aromatic rings. The Labute approximate surface area is 321 Å². The summed E-state index contributed by atoms with van der Waals surface area (Å²) in [6.07, 6.45) is 2.08. The minimum Gasteiger partial charge on any atom is -0.309 e. The molecular weight excluding hydrogens is 679 g/mol. The van der Waals surface area contributed by atoms with E-state index in [0.29, 0.717) is 0 Å². The number of hydrogen-bond donors (Lipinski definition) is 0. The van der Waals surface area contributed by atoms with Crippen molar-refractivity contribution in [2.45, 2.75) is 0 Å². The van der Waals surface area contributed by atoms with Crippen LogP contribution in [0.3, 0.4) is 0 Å². The Balaban J connectivity index is 0.976. The van der Waals surface area contributed by atoms with Crippen molar-refractivity contribution in [1.82, 2.24) is 14.1 Å². The van der Waals surface area contributed by atoms with Crippen LogP contribution >= 0.6 is 0 Å². The molecule has 0 aliphatic heterocycles. The van der Waals surface area contributed by atoms with Crippen molar-refractivity contribution in [3.8, 4) is 44.9 Å². The highest BCUT2D eigenvalue weighted by Crippen LogP contribution is 2.48. The largest absolute Gasteiger partial charge is 0.309 e. The Bertz CT molecular complexity index is 3610. The van der Waals surface area contributed by atoms with Crippen molar-refractivity contribution in [2.24, 2.45) is 0 Å². The van der Waals surface area contributed by atoms with Gasteiger partial charge in [0.05, 0.1) is 22.1 Å². The van der Waals surface area contributed by atoms with E-state index in [1.54, 1.807) is 0 Å². The van der Waals surface area contributed by atoms with Crippen LogP contribution in [0.15, 0.2) is 188 Å². The maximum atomic E-state index is 5.23. The second kappa shape index (κ2) is 11.0. The lowest BCUT2D eigenvalue weighted by atomic mass is 9.97. The first-order valence-electron chi connectivity index (χ1n) is 19.3. The van der Waals surface area contributed by atoms with Gasteiger partial charge in [-0.25, -0.2) is 4.98 Å². The van der Waals surface area contributed by atoms with Crippen molar-refractivity contribution in [1.29, 1.82) is 0 Å². The van der Waals surface area contributed by atoms with Gasteiger partial charge < -0.3 is 4.57 Å². The molecule has 0 amide bonds. The molecule has 0 saturated carbocycles. The maximum absolute atomic E-state index is 5.23. The monoisotopic (exact) mass is 709 g/mol. The third-order valence-corrected chi connectivity index (χ3v) is 12.2. The van der Waals surface area contributed by atoms with Crippen LogP contribution < -0.4 is 0 Å². The summed E-state index contributed by atoms with van der Waals surface area (Å²) in [5.41, 5.74) is 13.4. The van der Waals surface area contributed by atoms with Gasteiger partial charge in [0, 0.05) is 49.8 Å². The maximum Gasteiger partial charge on any atom is 0.145 e. The molecule has 3 heteroatoms. The van der Waals surface area contributed by atoms with E-state index < -0.39 is 0 Å². The number of para-hydroxylation sites is 3. The van der Waals surface area contributed by atoms with Gasteiger partial charge in [-0.3, -0.25) is 4.57 Å². The zero-order valence-electron chi connectivity index (χ0n) is 30.2. The van der Waals surface area contributed by atoms with E-state index >= 15 is 0 Å². The molecule has 56 heavy (non-hydrogen) atoms. The van der Waals surface area contributed by atoms with Crippen molar-refractivity contribution in [3.63, 3.8) is 0 Å². The van der Waals surface area contributed by atoms with Crippen LogP contribution in [0.2, 0.25) is 0 Å². The molecule has 1 aliphatic rings. The summed E-state index contributed by atoms with van der Waals surface area (Å²) in [4.78, 5) is 5.23. The number of pyridine rings is 1. The summed E-state index contributed by atoms with van der Waals surface area (Å²) in [6, 6.07) is 66.8. The predicted octanol–water partition coefficient (Wildman–Crippen LogP) is 14.0. The van der Waals surface area contributed by atoms with Gasteiger partial charge in [0.15, 0.2) is 0 Å². The topological polar surface area (TPSA) is 22.8 Å². The molecular formula is C53H31N3. The number of aromatic nitrogens is 3. The van der Waals surface area contributed by atoms with Crippen LogP contribution in [0.5, 0.6) is 0 Å². The van der Waals surface area contributed by atoms with Gasteiger partial charge in [-0.2, -0.15) is 0 Å². The van der Waals surface area contributed by atoms with E-state index in [1.807, 2.05) is 0 Å². The average molecular weight is 710 g/mol. The molecule has 0 unspecified atom stereocenters. The van der Waals surface area contributed by atoms with E-state index in [1.165, 1.54) is 109 Å². The Morgan fingerprint density at radius 1 is 0.321 bits per heavy atom. The second-order valence-electron chi connectivity index (χ2n) is 15.2. The van der Waals surface area contributed by atoms with Gasteiger partial charge in [-0.15, -0.1) is 0 Å². The summed E-state index contributed by atoms with van der Waals surface area (Å²) in [7, 11) is 0. The highest BCUT2D eigenvalue weighted by molar-refractivity contribution is 6.19. The van der Waals surface area contributed by atoms with E-state index in [9.17, 15) is 0 Å². The number of nitrogens with zero attached hydrogens (tertiary/aromatic N) is 3. The zero-order chi connectivity index (χ0) is 36.5. The molecule has 0 atom stereocenters. The van der Waals surface area contributed by atoms with Crippen molar-refractivity contribution < 1.29 is 0 Å². The first kappa shape index (κ1) is 29.9. The Kier molecular flexibility index (Phi) is 5.89. The van der Waals surface area contributed by atoms with E-state index in [4.69, 9.17) is 4.98 Å². The molecule has 0 spiro atoms. The Morgan fingerprint density at radius 2 is 0.857 bits per heavy atom. The SMILES string of the molecule is c1ccc(-n2c3ccccc3c3cc4cc(-c5ccc6cc7c(cc6c5)c5ccccc5n7-c5ncc6c7c(cccc57)-c5ccccc5-6)ccc4cc32)cc1. The van der Waals surface area contributed by atoms with Gasteiger partial charge in [-0.1, -0.05) is 121 Å². The lowest BCUT2D eigenvalue weighted by Gasteiger charge is -2.12. The minimum absolute atomic E-state index is 0.970. The van der Waals surface area contributed by atoms with Gasteiger partial charge in [-0.05, 0) is 110 Å². The molecule has 0 bridgehead atoms. The smallest absolute Gasteiger partial charge is 0.145 e. The molecule has 258 valence electrons. The zero-order valence-corrected chi connectivity index (χ0v) is 30.2. The van der Waals surface area contributed by atoms with E-state index in [2.05, 4.69) is 197 Å². The van der Waals surface area contributed by atoms with Crippen LogP contribution in [0.1, 0.15) is 0 Å². The standard InChI is InChI=1S/C53H31N3/c1-2-11-38(12-3-1)55-48-19-8-6-15-41(48)45-27-36-25-32(21-23-34(36)29-50(45)55)33-22-24-35-30-51-46(28-37(35)26-33)42-16-7-9-20-49(42)56(51)53-44-18-10-17-43-39-13-4-5-14-40(39)47(31-54-53)52(43)44/h1-31H. The van der Waals surface area contributed by atoms with Gasteiger partial charge in [0.2, 0.25) is 0 Å². The van der Waals surface area contributed by atoms with Crippen LogP contribution in [0.25, 0.3) is 121 Å². The van der Waals surface area contributed by atoms with Crippen LogP contribution in [-0.4, -0.2) is 14.1 Å². The molecule has 3 heterocycles. The summed E-state index contributed by atoms with van der Waals surface area (Å²) in [5, 5.41) is 12.4. The fourth-order valence-corrected chi connectivity index (χ4v) is 9.72. The summed E-state index contributed by atoms with van der Waals surface area (Å²) < 4.78 is 4.77. The summed E-state index contributed by atoms with van der Waals surface area (Å²) in [6.45, 7) is 0. The Hall–Kier alpha value is -7.49. The van der Waals surface area contributed by atoms with Crippen molar-refractivity contribution >= 4 is 75.9 Å². The first-order valence-corrected chi connectivity index (χ1v) is 19.3. The van der Waals surface area contributed by atoms with Crippen molar-refractivity contribution in [3.05, 3.63) is 188 Å². The van der Waals surface area contributed by atoms with Crippen LogP contribution in [0.4, 0.5) is 0 Å². The van der Waals surface area contributed by atoms with E-state index in [-0.39, 0.29) is 0 Å². The van der Waals surface area contributed by atoms with Gasteiger partial charge >= 0.3 is 0 Å². The molecule has 3 aromatic heterocycles. The molecule has 0 saturated heterocycles. The quantitative estimate of drug-likeness (QED) is 0.179. The number of rotatable bonds is 3. The molecule has 0 fully saturated rings.